The first kappa shape index (κ1) is 34.7. The quantitative estimate of drug-likeness (QED) is 0.155. The highest BCUT2D eigenvalue weighted by Gasteiger charge is 2.36. The number of rotatable bonds is 11. The minimum atomic E-state index is -0.823. The van der Waals surface area contributed by atoms with Crippen molar-refractivity contribution in [1.82, 2.24) is 0 Å². The highest BCUT2D eigenvalue weighted by molar-refractivity contribution is 7.22. The molecule has 0 heterocycles. The molecule has 7 heteroatoms. The zero-order valence-electron chi connectivity index (χ0n) is 26.8. The van der Waals surface area contributed by atoms with Gasteiger partial charge in [-0.05, 0) is 73.8 Å². The lowest BCUT2D eigenvalue weighted by molar-refractivity contribution is 0.0792. The maximum absolute atomic E-state index is 10.2. The van der Waals surface area contributed by atoms with Crippen LogP contribution in [0, 0.1) is 22.7 Å². The third-order valence-electron chi connectivity index (χ3n) is 8.90. The average Bonchev–Trinajstić information content (AvgIpc) is 2.96. The molecule has 0 radical (unpaired) electrons. The fourth-order valence-electron chi connectivity index (χ4n) is 5.06. The van der Waals surface area contributed by atoms with Crippen molar-refractivity contribution in [2.45, 2.75) is 103 Å². The van der Waals surface area contributed by atoms with E-state index in [0.717, 1.165) is 35.3 Å². The summed E-state index contributed by atoms with van der Waals surface area (Å²) in [4.78, 5) is 0. The highest BCUT2D eigenvalue weighted by atomic mass is 35.5. The highest BCUT2D eigenvalue weighted by Crippen LogP contribution is 2.48. The van der Waals surface area contributed by atoms with E-state index < -0.39 is 10.2 Å². The van der Waals surface area contributed by atoms with Gasteiger partial charge < -0.3 is 9.47 Å². The monoisotopic (exact) mass is 636 g/mol. The summed E-state index contributed by atoms with van der Waals surface area (Å²) in [5.41, 5.74) is 2.79. The van der Waals surface area contributed by atoms with E-state index in [1.807, 2.05) is 51.1 Å². The van der Waals surface area contributed by atoms with Gasteiger partial charge in [0, 0.05) is 16.7 Å². The summed E-state index contributed by atoms with van der Waals surface area (Å²) in [7, 11) is 2.59. The van der Waals surface area contributed by atoms with Crippen LogP contribution in [0.15, 0.2) is 48.5 Å². The molecule has 0 spiro atoms. The number of nitrogens with zero attached hydrogens (tertiary/aromatic N) is 2. The smallest absolute Gasteiger partial charge is 0.145 e. The van der Waals surface area contributed by atoms with Crippen LogP contribution < -0.4 is 9.47 Å². The van der Waals surface area contributed by atoms with Crippen LogP contribution in [-0.2, 0) is 21.0 Å². The van der Waals surface area contributed by atoms with Crippen LogP contribution in [-0.4, -0.2) is 0 Å². The predicted octanol–water partition coefficient (Wildman–Crippen LogP) is 11.2. The number of hydrogen-bond donors (Lipinski definition) is 0. The van der Waals surface area contributed by atoms with Crippen molar-refractivity contribution >= 4 is 32.4 Å². The van der Waals surface area contributed by atoms with Crippen LogP contribution in [0.5, 0.6) is 17.2 Å². The third kappa shape index (κ3) is 7.15. The number of benzene rings is 3. The van der Waals surface area contributed by atoms with E-state index in [9.17, 15) is 10.5 Å². The van der Waals surface area contributed by atoms with Crippen LogP contribution in [0.1, 0.15) is 115 Å². The van der Waals surface area contributed by atoms with Gasteiger partial charge in [-0.15, -0.1) is 20.8 Å². The molecule has 0 aliphatic heterocycles. The SMILES string of the molecule is CCC(C)(C)c1cc(OC(C)(CC)c2cccc(Cl)c2C#N)c(C(C)(C)CC)cc1Oc1cccc([C@@](C)(P)Cl)c1C#N. The number of hydrogen-bond acceptors (Lipinski definition) is 4. The van der Waals surface area contributed by atoms with Gasteiger partial charge in [0.2, 0.25) is 0 Å². The van der Waals surface area contributed by atoms with Gasteiger partial charge in [-0.2, -0.15) is 10.5 Å². The van der Waals surface area contributed by atoms with Crippen molar-refractivity contribution < 1.29 is 9.47 Å². The first-order chi connectivity index (χ1) is 20.0. The zero-order chi connectivity index (χ0) is 32.4. The Morgan fingerprint density at radius 3 is 1.72 bits per heavy atom. The Balaban J connectivity index is 2.35. The number of nitriles is 2. The van der Waals surface area contributed by atoms with Crippen molar-refractivity contribution in [3.05, 3.63) is 86.9 Å². The minimum Gasteiger partial charge on any atom is -0.483 e. The Morgan fingerprint density at radius 1 is 0.698 bits per heavy atom. The molecule has 3 rings (SSSR count). The van der Waals surface area contributed by atoms with E-state index in [-0.39, 0.29) is 10.8 Å². The predicted molar refractivity (Wildman–Crippen MR) is 182 cm³/mol. The van der Waals surface area contributed by atoms with Crippen molar-refractivity contribution in [3.63, 3.8) is 0 Å². The second kappa shape index (κ2) is 13.1. The van der Waals surface area contributed by atoms with Gasteiger partial charge in [-0.25, -0.2) is 0 Å². The van der Waals surface area contributed by atoms with Crippen LogP contribution in [0.3, 0.4) is 0 Å². The Labute approximate surface area is 270 Å². The molecule has 0 aromatic heterocycles. The molecule has 0 saturated heterocycles. The number of ether oxygens (including phenoxy) is 2. The molecular formula is C36H43Cl2N2O2P. The second-order valence-corrected chi connectivity index (χ2v) is 15.5. The largest absolute Gasteiger partial charge is 0.483 e. The molecule has 0 aliphatic carbocycles. The molecule has 0 bridgehead atoms. The van der Waals surface area contributed by atoms with Gasteiger partial charge in [0.05, 0.1) is 20.8 Å². The second-order valence-electron chi connectivity index (χ2n) is 12.7. The molecule has 3 aromatic carbocycles. The van der Waals surface area contributed by atoms with E-state index in [1.165, 1.54) is 0 Å². The Kier molecular flexibility index (Phi) is 10.6. The topological polar surface area (TPSA) is 66.0 Å². The molecule has 0 amide bonds. The van der Waals surface area contributed by atoms with Gasteiger partial charge in [0.15, 0.2) is 0 Å². The van der Waals surface area contributed by atoms with Crippen LogP contribution >= 0.6 is 32.4 Å². The number of alkyl halides is 1. The molecule has 0 aliphatic rings. The summed E-state index contributed by atoms with van der Waals surface area (Å²) in [5, 5.41) is 20.5. The standard InChI is InChI=1S/C36H43Cl2N2O2P/c1-10-33(4,5)27-20-32(42-35(8,12-3)25-15-13-17-29(37)23(25)21-39)28(34(6,7)11-2)19-31(27)41-30-18-14-16-26(24(30)22-40)36(9,38)43/h13-20H,10-12,43H2,1-9H3/t35?,36-/m1/s1. The molecule has 0 N–H and O–H groups in total. The van der Waals surface area contributed by atoms with Gasteiger partial charge in [-0.1, -0.05) is 84.3 Å². The molecule has 0 fully saturated rings. The Bertz CT molecular complexity index is 1580. The lowest BCUT2D eigenvalue weighted by Gasteiger charge is -2.37. The van der Waals surface area contributed by atoms with Gasteiger partial charge in [-0.3, -0.25) is 0 Å². The molecule has 3 aromatic rings. The number of halogens is 2. The maximum Gasteiger partial charge on any atom is 0.145 e. The van der Waals surface area contributed by atoms with Crippen molar-refractivity contribution in [2.24, 2.45) is 0 Å². The molecule has 4 nitrogen and oxygen atoms in total. The van der Waals surface area contributed by atoms with E-state index in [0.29, 0.717) is 39.6 Å². The summed E-state index contributed by atoms with van der Waals surface area (Å²) in [6.45, 7) is 18.9. The van der Waals surface area contributed by atoms with Gasteiger partial charge in [0.1, 0.15) is 35.0 Å². The van der Waals surface area contributed by atoms with Crippen molar-refractivity contribution in [1.29, 1.82) is 10.5 Å². The Morgan fingerprint density at radius 2 is 1.21 bits per heavy atom. The summed E-state index contributed by atoms with van der Waals surface area (Å²) >= 11 is 13.1. The zero-order valence-corrected chi connectivity index (χ0v) is 29.5. The van der Waals surface area contributed by atoms with Crippen molar-refractivity contribution in [2.75, 3.05) is 0 Å². The molecule has 3 atom stereocenters. The van der Waals surface area contributed by atoms with E-state index in [2.05, 4.69) is 75.1 Å². The summed E-state index contributed by atoms with van der Waals surface area (Å²) in [5.74, 6) is 1.85. The molecular weight excluding hydrogens is 594 g/mol. The normalized spacial score (nSPS) is 14.7. The summed E-state index contributed by atoms with van der Waals surface area (Å²) in [6.07, 6.45) is 2.30. The van der Waals surface area contributed by atoms with Gasteiger partial charge >= 0.3 is 0 Å². The first-order valence-electron chi connectivity index (χ1n) is 14.8. The molecule has 0 saturated carbocycles. The fraction of sp³-hybridized carbons (Fsp3) is 0.444. The summed E-state index contributed by atoms with van der Waals surface area (Å²) < 4.78 is 12.9. The maximum atomic E-state index is 10.2. The van der Waals surface area contributed by atoms with E-state index in [1.54, 1.807) is 6.07 Å². The molecule has 2 unspecified atom stereocenters. The average molecular weight is 638 g/mol. The summed E-state index contributed by atoms with van der Waals surface area (Å²) in [6, 6.07) is 19.8. The Hall–Kier alpha value is -2.75. The lowest BCUT2D eigenvalue weighted by Crippen LogP contribution is -2.32. The van der Waals surface area contributed by atoms with E-state index in [4.69, 9.17) is 32.7 Å². The lowest BCUT2D eigenvalue weighted by atomic mass is 9.76. The van der Waals surface area contributed by atoms with Gasteiger partial charge in [0.25, 0.3) is 0 Å². The third-order valence-corrected chi connectivity index (χ3v) is 9.73. The van der Waals surface area contributed by atoms with Crippen LogP contribution in [0.2, 0.25) is 5.02 Å². The van der Waals surface area contributed by atoms with E-state index >= 15 is 0 Å². The van der Waals surface area contributed by atoms with Crippen molar-refractivity contribution in [3.8, 4) is 29.4 Å². The molecule has 228 valence electrons. The first-order valence-corrected chi connectivity index (χ1v) is 16.1. The fourth-order valence-corrected chi connectivity index (χ4v) is 5.68. The molecule has 43 heavy (non-hydrogen) atoms. The van der Waals surface area contributed by atoms with Crippen LogP contribution in [0.25, 0.3) is 0 Å². The minimum absolute atomic E-state index is 0.280. The van der Waals surface area contributed by atoms with Crippen LogP contribution in [0.4, 0.5) is 0 Å².